The van der Waals surface area contributed by atoms with Crippen molar-refractivity contribution in [2.45, 2.75) is 12.7 Å². The molecule has 1 aromatic heterocycles. The van der Waals surface area contributed by atoms with Crippen LogP contribution < -0.4 is 10.6 Å². The average Bonchev–Trinajstić information content (AvgIpc) is 3.20. The van der Waals surface area contributed by atoms with Gasteiger partial charge in [-0.1, -0.05) is 66.2 Å². The van der Waals surface area contributed by atoms with Crippen molar-refractivity contribution in [2.24, 2.45) is 0 Å². The average molecular weight is 415 g/mol. The predicted molar refractivity (Wildman–Crippen MR) is 118 cm³/mol. The summed E-state index contributed by atoms with van der Waals surface area (Å²) in [5.41, 5.74) is 5.30. The summed E-state index contributed by atoms with van der Waals surface area (Å²) in [5.74, 6) is -0.0983. The Morgan fingerprint density at radius 1 is 0.900 bits per heavy atom. The smallest absolute Gasteiger partial charge is 0.255 e. The van der Waals surface area contributed by atoms with Crippen LogP contribution in [0.15, 0.2) is 85.1 Å². The van der Waals surface area contributed by atoms with Crippen LogP contribution in [-0.4, -0.2) is 15.7 Å². The highest BCUT2D eigenvalue weighted by molar-refractivity contribution is 6.30. The van der Waals surface area contributed by atoms with Crippen molar-refractivity contribution in [1.29, 1.82) is 0 Å². The molecule has 0 saturated carbocycles. The van der Waals surface area contributed by atoms with E-state index in [-0.39, 0.29) is 12.1 Å². The second kappa shape index (κ2) is 7.69. The zero-order valence-electron chi connectivity index (χ0n) is 16.0. The van der Waals surface area contributed by atoms with E-state index in [4.69, 9.17) is 16.7 Å². The third-order valence-electron chi connectivity index (χ3n) is 5.15. The van der Waals surface area contributed by atoms with Gasteiger partial charge in [0.15, 0.2) is 0 Å². The van der Waals surface area contributed by atoms with Gasteiger partial charge in [-0.3, -0.25) is 9.48 Å². The van der Waals surface area contributed by atoms with Crippen molar-refractivity contribution in [3.8, 4) is 11.3 Å². The van der Waals surface area contributed by atoms with Crippen molar-refractivity contribution in [1.82, 2.24) is 15.1 Å². The number of fused-ring (bicyclic) bond motifs is 1. The molecule has 6 heteroatoms. The number of amides is 1. The molecule has 30 heavy (non-hydrogen) atoms. The second-order valence-electron chi connectivity index (χ2n) is 7.22. The summed E-state index contributed by atoms with van der Waals surface area (Å²) in [6, 6.07) is 25.2. The van der Waals surface area contributed by atoms with Gasteiger partial charge >= 0.3 is 0 Å². The Bertz CT molecular complexity index is 1200. The molecule has 0 unspecified atom stereocenters. The van der Waals surface area contributed by atoms with E-state index in [0.29, 0.717) is 17.1 Å². The van der Waals surface area contributed by atoms with E-state index < -0.39 is 0 Å². The summed E-state index contributed by atoms with van der Waals surface area (Å²) < 4.78 is 1.90. The first kappa shape index (κ1) is 18.5. The molecule has 0 radical (unpaired) electrons. The fourth-order valence-electron chi connectivity index (χ4n) is 3.69. The van der Waals surface area contributed by atoms with E-state index in [1.54, 1.807) is 0 Å². The molecule has 2 N–H and O–H groups in total. The number of anilines is 1. The van der Waals surface area contributed by atoms with E-state index >= 15 is 0 Å². The van der Waals surface area contributed by atoms with Crippen LogP contribution in [0.1, 0.15) is 27.7 Å². The van der Waals surface area contributed by atoms with Crippen LogP contribution in [0.3, 0.4) is 0 Å². The normalized spacial score (nSPS) is 15.2. The number of para-hydroxylation sites is 1. The summed E-state index contributed by atoms with van der Waals surface area (Å²) in [7, 11) is 0. The van der Waals surface area contributed by atoms with E-state index in [1.165, 1.54) is 0 Å². The molecule has 5 rings (SSSR count). The summed E-state index contributed by atoms with van der Waals surface area (Å²) in [6.07, 6.45) is 1.62. The molecule has 0 spiro atoms. The van der Waals surface area contributed by atoms with E-state index in [9.17, 15) is 4.79 Å². The molecule has 4 aromatic rings. The third kappa shape index (κ3) is 3.55. The molecule has 2 heterocycles. The second-order valence-corrected chi connectivity index (χ2v) is 7.66. The van der Waals surface area contributed by atoms with Gasteiger partial charge in [0.2, 0.25) is 0 Å². The van der Waals surface area contributed by atoms with Crippen LogP contribution >= 0.6 is 11.6 Å². The number of benzene rings is 3. The predicted octanol–water partition coefficient (Wildman–Crippen LogP) is 5.11. The van der Waals surface area contributed by atoms with Crippen molar-refractivity contribution in [3.05, 3.63) is 107 Å². The minimum atomic E-state index is -0.374. The summed E-state index contributed by atoms with van der Waals surface area (Å²) in [6.45, 7) is 0.605. The molecule has 0 bridgehead atoms. The number of halogens is 1. The number of hydrogen-bond acceptors (Lipinski definition) is 3. The highest BCUT2D eigenvalue weighted by Gasteiger charge is 2.28. The van der Waals surface area contributed by atoms with Crippen LogP contribution in [0.2, 0.25) is 5.02 Å². The highest BCUT2D eigenvalue weighted by Crippen LogP contribution is 2.32. The molecular formula is C24H19ClN4O. The van der Waals surface area contributed by atoms with Crippen molar-refractivity contribution in [2.75, 3.05) is 5.32 Å². The van der Waals surface area contributed by atoms with Gasteiger partial charge < -0.3 is 10.6 Å². The maximum Gasteiger partial charge on any atom is 0.255 e. The summed E-state index contributed by atoms with van der Waals surface area (Å²) in [4.78, 5) is 12.7. The lowest BCUT2D eigenvalue weighted by atomic mass is 10.0. The standard InChI is InChI=1S/C24H19ClN4O/c25-18-12-10-16(11-13-18)14-29-15-20(22(28-29)17-6-2-1-3-7-17)23-26-21-9-5-4-8-19(21)24(30)27-23/h1-13,15,23,26H,14H2,(H,27,30)/t23-/m1/s1. The molecule has 0 aliphatic carbocycles. The van der Waals surface area contributed by atoms with Gasteiger partial charge in [0, 0.05) is 28.0 Å². The van der Waals surface area contributed by atoms with Gasteiger partial charge in [-0.25, -0.2) is 0 Å². The molecular weight excluding hydrogens is 396 g/mol. The number of hydrogen-bond donors (Lipinski definition) is 2. The Kier molecular flexibility index (Phi) is 4.73. The van der Waals surface area contributed by atoms with Crippen LogP contribution in [0, 0.1) is 0 Å². The third-order valence-corrected chi connectivity index (χ3v) is 5.40. The Labute approximate surface area is 179 Å². The number of carbonyl (C=O) groups excluding carboxylic acids is 1. The Balaban J connectivity index is 1.54. The highest BCUT2D eigenvalue weighted by atomic mass is 35.5. The summed E-state index contributed by atoms with van der Waals surface area (Å²) in [5, 5.41) is 12.1. The lowest BCUT2D eigenvalue weighted by Crippen LogP contribution is -2.38. The van der Waals surface area contributed by atoms with Gasteiger partial charge in [-0.15, -0.1) is 0 Å². The number of carbonyl (C=O) groups is 1. The number of rotatable bonds is 4. The number of aromatic nitrogens is 2. The zero-order chi connectivity index (χ0) is 20.5. The zero-order valence-corrected chi connectivity index (χ0v) is 16.8. The van der Waals surface area contributed by atoms with Gasteiger partial charge in [-0.05, 0) is 29.8 Å². The minimum absolute atomic E-state index is 0.0983. The van der Waals surface area contributed by atoms with Gasteiger partial charge in [0.25, 0.3) is 5.91 Å². The van der Waals surface area contributed by atoms with Gasteiger partial charge in [0.1, 0.15) is 6.17 Å². The fraction of sp³-hybridized carbons (Fsp3) is 0.0833. The van der Waals surface area contributed by atoms with Crippen molar-refractivity contribution in [3.63, 3.8) is 0 Å². The maximum absolute atomic E-state index is 12.7. The first-order valence-corrected chi connectivity index (χ1v) is 10.1. The fourth-order valence-corrected chi connectivity index (χ4v) is 3.82. The number of nitrogens with one attached hydrogen (secondary N) is 2. The summed E-state index contributed by atoms with van der Waals surface area (Å²) >= 11 is 6.01. The van der Waals surface area contributed by atoms with E-state index in [2.05, 4.69) is 10.6 Å². The monoisotopic (exact) mass is 414 g/mol. The van der Waals surface area contributed by atoms with Crippen LogP contribution in [0.25, 0.3) is 11.3 Å². The molecule has 1 atom stereocenters. The molecule has 0 fully saturated rings. The van der Waals surface area contributed by atoms with Crippen LogP contribution in [-0.2, 0) is 6.54 Å². The first-order valence-electron chi connectivity index (χ1n) is 9.71. The lowest BCUT2D eigenvalue weighted by Gasteiger charge is -2.27. The molecule has 1 amide bonds. The van der Waals surface area contributed by atoms with Gasteiger partial charge in [0.05, 0.1) is 17.8 Å². The Morgan fingerprint density at radius 3 is 2.43 bits per heavy atom. The quantitative estimate of drug-likeness (QED) is 0.488. The Morgan fingerprint density at radius 2 is 1.63 bits per heavy atom. The number of nitrogens with zero attached hydrogens (tertiary/aromatic N) is 2. The lowest BCUT2D eigenvalue weighted by molar-refractivity contribution is 0.0936. The van der Waals surface area contributed by atoms with Gasteiger partial charge in [-0.2, -0.15) is 5.10 Å². The minimum Gasteiger partial charge on any atom is -0.361 e. The molecule has 0 saturated heterocycles. The van der Waals surface area contributed by atoms with E-state index in [0.717, 1.165) is 28.1 Å². The molecule has 148 valence electrons. The largest absolute Gasteiger partial charge is 0.361 e. The maximum atomic E-state index is 12.7. The first-order chi connectivity index (χ1) is 14.7. The topological polar surface area (TPSA) is 59.0 Å². The SMILES string of the molecule is O=C1N[C@H](c2cn(Cc3ccc(Cl)cc3)nc2-c2ccccc2)Nc2ccccc21. The molecule has 1 aliphatic rings. The van der Waals surface area contributed by atoms with Crippen LogP contribution in [0.5, 0.6) is 0 Å². The molecule has 1 aliphatic heterocycles. The van der Waals surface area contributed by atoms with Crippen molar-refractivity contribution < 1.29 is 4.79 Å². The van der Waals surface area contributed by atoms with Crippen molar-refractivity contribution >= 4 is 23.2 Å². The Hall–Kier alpha value is -3.57. The molecule has 5 nitrogen and oxygen atoms in total. The molecule has 3 aromatic carbocycles. The van der Waals surface area contributed by atoms with Crippen LogP contribution in [0.4, 0.5) is 5.69 Å². The van der Waals surface area contributed by atoms with E-state index in [1.807, 2.05) is 89.7 Å².